The first-order valence-electron chi connectivity index (χ1n) is 10.2. The van der Waals surface area contributed by atoms with E-state index >= 15 is 0 Å². The van der Waals surface area contributed by atoms with Crippen LogP contribution in [0.4, 0.5) is 0 Å². The molecule has 32 heavy (non-hydrogen) atoms. The molecule has 0 radical (unpaired) electrons. The van der Waals surface area contributed by atoms with Crippen molar-refractivity contribution in [2.75, 3.05) is 13.2 Å². The molecule has 0 aliphatic rings. The number of rotatable bonds is 7. The van der Waals surface area contributed by atoms with Gasteiger partial charge in [-0.3, -0.25) is 4.79 Å². The normalized spacial score (nSPS) is 10.2. The second-order valence-electron chi connectivity index (χ2n) is 8.23. The van der Waals surface area contributed by atoms with Crippen LogP contribution in [-0.4, -0.2) is 51.4 Å². The SMILES string of the molecule is CC(C)(CO)CCCO.Cc1cc(C)c(C(=O)C(=O)O)c(C)c1.O=C(O)c1ccccc1. The number of aryl methyl sites for hydroxylation is 3. The van der Waals surface area contributed by atoms with Gasteiger partial charge in [0.15, 0.2) is 0 Å². The van der Waals surface area contributed by atoms with Crippen molar-refractivity contribution >= 4 is 17.7 Å². The van der Waals surface area contributed by atoms with Gasteiger partial charge in [-0.05, 0) is 62.3 Å². The molecule has 4 N–H and O–H groups in total. The third kappa shape index (κ3) is 10.8. The van der Waals surface area contributed by atoms with E-state index in [0.29, 0.717) is 11.1 Å². The van der Waals surface area contributed by atoms with Crippen molar-refractivity contribution in [1.82, 2.24) is 0 Å². The molecule has 7 nitrogen and oxygen atoms in total. The summed E-state index contributed by atoms with van der Waals surface area (Å²) in [5.74, 6) is -3.12. The molecule has 0 fully saturated rings. The molecule has 176 valence electrons. The number of carbonyl (C=O) groups excluding carboxylic acids is 1. The highest BCUT2D eigenvalue weighted by atomic mass is 16.4. The fourth-order valence-electron chi connectivity index (χ4n) is 2.86. The fraction of sp³-hybridized carbons (Fsp3) is 0.400. The third-order valence-electron chi connectivity index (χ3n) is 4.56. The Morgan fingerprint density at radius 3 is 1.72 bits per heavy atom. The Kier molecular flexibility index (Phi) is 12.8. The van der Waals surface area contributed by atoms with Crippen molar-refractivity contribution in [3.05, 3.63) is 70.3 Å². The van der Waals surface area contributed by atoms with E-state index in [-0.39, 0.29) is 18.6 Å². The van der Waals surface area contributed by atoms with E-state index in [1.807, 2.05) is 32.9 Å². The lowest BCUT2D eigenvalue weighted by Gasteiger charge is -2.20. The summed E-state index contributed by atoms with van der Waals surface area (Å²) < 4.78 is 0. The highest BCUT2D eigenvalue weighted by Gasteiger charge is 2.19. The van der Waals surface area contributed by atoms with Gasteiger partial charge in [-0.1, -0.05) is 49.7 Å². The molecule has 0 saturated carbocycles. The number of ketones is 1. The molecule has 0 bridgehead atoms. The maximum Gasteiger partial charge on any atom is 0.377 e. The molecule has 2 aromatic rings. The lowest BCUT2D eigenvalue weighted by atomic mass is 9.89. The van der Waals surface area contributed by atoms with Crippen LogP contribution in [0.5, 0.6) is 0 Å². The van der Waals surface area contributed by atoms with Crippen LogP contribution in [0.2, 0.25) is 0 Å². The van der Waals surface area contributed by atoms with Gasteiger partial charge in [-0.2, -0.15) is 0 Å². The molecule has 0 amide bonds. The zero-order valence-corrected chi connectivity index (χ0v) is 19.4. The number of carbonyl (C=O) groups is 3. The first-order chi connectivity index (χ1) is 14.9. The van der Waals surface area contributed by atoms with Crippen LogP contribution in [0, 0.1) is 26.2 Å². The highest BCUT2D eigenvalue weighted by Crippen LogP contribution is 2.20. The zero-order chi connectivity index (χ0) is 24.9. The summed E-state index contributed by atoms with van der Waals surface area (Å²) in [7, 11) is 0. The topological polar surface area (TPSA) is 132 Å². The predicted octanol–water partition coefficient (Wildman–Crippen LogP) is 4.04. The molecule has 0 aliphatic carbocycles. The van der Waals surface area contributed by atoms with E-state index in [1.165, 1.54) is 0 Å². The number of aliphatic hydroxyl groups excluding tert-OH is 2. The summed E-state index contributed by atoms with van der Waals surface area (Å²) >= 11 is 0. The average Bonchev–Trinajstić information content (AvgIpc) is 2.73. The monoisotopic (exact) mass is 446 g/mol. The minimum Gasteiger partial charge on any atom is -0.478 e. The molecule has 2 aromatic carbocycles. The van der Waals surface area contributed by atoms with Gasteiger partial charge in [0.2, 0.25) is 0 Å². The Balaban J connectivity index is 0.000000470. The maximum absolute atomic E-state index is 11.3. The second kappa shape index (κ2) is 14.1. The molecular weight excluding hydrogens is 412 g/mol. The molecule has 0 unspecified atom stereocenters. The van der Waals surface area contributed by atoms with E-state index in [4.69, 9.17) is 20.4 Å². The largest absolute Gasteiger partial charge is 0.478 e. The Hall–Kier alpha value is -3.03. The molecule has 2 rings (SSSR count). The maximum atomic E-state index is 11.3. The summed E-state index contributed by atoms with van der Waals surface area (Å²) in [6.45, 7) is 9.81. The van der Waals surface area contributed by atoms with E-state index in [1.54, 1.807) is 44.2 Å². The number of Topliss-reactive ketones (excluding diaryl/α,β-unsaturated/α-hetero) is 1. The van der Waals surface area contributed by atoms with E-state index < -0.39 is 17.7 Å². The van der Waals surface area contributed by atoms with Crippen LogP contribution in [0.25, 0.3) is 0 Å². The van der Waals surface area contributed by atoms with Crippen LogP contribution in [0.15, 0.2) is 42.5 Å². The van der Waals surface area contributed by atoms with Gasteiger partial charge in [0.05, 0.1) is 5.56 Å². The standard InChI is InChI=1S/C11H12O3.C7H6O2.C7H16O2/c1-6-4-7(2)9(8(3)5-6)10(12)11(13)14;8-7(9)6-4-2-1-3-5-6;1-7(2,6-9)4-3-5-8/h4-5H,1-3H3,(H,13,14);1-5H,(H,8,9);8-9H,3-6H2,1-2H3. The Bertz CT molecular complexity index is 863. The number of aliphatic carboxylic acids is 1. The van der Waals surface area contributed by atoms with Crippen molar-refractivity contribution in [2.24, 2.45) is 5.41 Å². The van der Waals surface area contributed by atoms with Gasteiger partial charge in [0, 0.05) is 18.8 Å². The van der Waals surface area contributed by atoms with Gasteiger partial charge in [0.1, 0.15) is 0 Å². The average molecular weight is 447 g/mol. The van der Waals surface area contributed by atoms with Crippen molar-refractivity contribution in [3.8, 4) is 0 Å². The summed E-state index contributed by atoms with van der Waals surface area (Å²) in [5, 5.41) is 34.2. The zero-order valence-electron chi connectivity index (χ0n) is 19.4. The number of hydrogen-bond donors (Lipinski definition) is 4. The number of aromatic carboxylic acids is 1. The molecule has 0 spiro atoms. The Labute approximate surface area is 189 Å². The van der Waals surface area contributed by atoms with Crippen molar-refractivity contribution in [2.45, 2.75) is 47.5 Å². The minimum atomic E-state index is -1.40. The number of benzene rings is 2. The van der Waals surface area contributed by atoms with Crippen LogP contribution in [0.1, 0.15) is 64.1 Å². The second-order valence-corrected chi connectivity index (χ2v) is 8.23. The fourth-order valence-corrected chi connectivity index (χ4v) is 2.86. The first kappa shape index (κ1) is 29.0. The molecule has 0 saturated heterocycles. The molecule has 7 heteroatoms. The summed E-state index contributed by atoms with van der Waals surface area (Å²) in [4.78, 5) is 32.0. The molecule has 0 aliphatic heterocycles. The third-order valence-corrected chi connectivity index (χ3v) is 4.56. The van der Waals surface area contributed by atoms with Crippen LogP contribution in [-0.2, 0) is 4.79 Å². The quantitative estimate of drug-likeness (QED) is 0.373. The number of carboxylic acids is 2. The molecule has 0 heterocycles. The lowest BCUT2D eigenvalue weighted by Crippen LogP contribution is -2.16. The van der Waals surface area contributed by atoms with Gasteiger partial charge in [0.25, 0.3) is 5.78 Å². The van der Waals surface area contributed by atoms with Crippen molar-refractivity contribution < 1.29 is 34.8 Å². The number of hydrogen-bond acceptors (Lipinski definition) is 5. The number of aliphatic hydroxyl groups is 2. The Morgan fingerprint density at radius 2 is 1.38 bits per heavy atom. The first-order valence-corrected chi connectivity index (χ1v) is 10.2. The Morgan fingerprint density at radius 1 is 0.875 bits per heavy atom. The van der Waals surface area contributed by atoms with Crippen molar-refractivity contribution in [1.29, 1.82) is 0 Å². The molecular formula is C25H34O7. The van der Waals surface area contributed by atoms with E-state index in [2.05, 4.69) is 0 Å². The van der Waals surface area contributed by atoms with Gasteiger partial charge >= 0.3 is 11.9 Å². The lowest BCUT2D eigenvalue weighted by molar-refractivity contribution is -0.131. The molecule has 0 aromatic heterocycles. The summed E-state index contributed by atoms with van der Waals surface area (Å²) in [5.41, 5.74) is 3.09. The van der Waals surface area contributed by atoms with Gasteiger partial charge < -0.3 is 20.4 Å². The smallest absolute Gasteiger partial charge is 0.377 e. The van der Waals surface area contributed by atoms with Gasteiger partial charge in [-0.15, -0.1) is 0 Å². The summed E-state index contributed by atoms with van der Waals surface area (Å²) in [6.07, 6.45) is 1.67. The van der Waals surface area contributed by atoms with Crippen molar-refractivity contribution in [3.63, 3.8) is 0 Å². The van der Waals surface area contributed by atoms with E-state index in [9.17, 15) is 14.4 Å². The highest BCUT2D eigenvalue weighted by molar-refractivity contribution is 6.40. The van der Waals surface area contributed by atoms with Crippen LogP contribution >= 0.6 is 0 Å². The van der Waals surface area contributed by atoms with Crippen LogP contribution < -0.4 is 0 Å². The van der Waals surface area contributed by atoms with Crippen LogP contribution in [0.3, 0.4) is 0 Å². The predicted molar refractivity (Wildman–Crippen MR) is 123 cm³/mol. The van der Waals surface area contributed by atoms with E-state index in [0.717, 1.165) is 29.5 Å². The molecule has 0 atom stereocenters. The summed E-state index contributed by atoms with van der Waals surface area (Å²) in [6, 6.07) is 11.9. The van der Waals surface area contributed by atoms with Gasteiger partial charge in [-0.25, -0.2) is 9.59 Å². The minimum absolute atomic E-state index is 0.0112. The number of carboxylic acid groups (broad SMARTS) is 2.